The summed E-state index contributed by atoms with van der Waals surface area (Å²) in [6.45, 7) is 14.8. The summed E-state index contributed by atoms with van der Waals surface area (Å²) in [4.78, 5) is 0. The summed E-state index contributed by atoms with van der Waals surface area (Å²) in [7, 11) is 0. The van der Waals surface area contributed by atoms with E-state index in [1.165, 1.54) is 44.9 Å². The second kappa shape index (κ2) is 8.42. The molecule has 0 aromatic rings. The van der Waals surface area contributed by atoms with Gasteiger partial charge in [0.25, 0.3) is 0 Å². The fraction of sp³-hybridized carbons (Fsp3) is 0.862. The lowest BCUT2D eigenvalue weighted by Gasteiger charge is -2.57. The molecule has 0 aliphatic heterocycles. The molecule has 0 bridgehead atoms. The minimum Gasteiger partial charge on any atom is -0.393 e. The van der Waals surface area contributed by atoms with Crippen LogP contribution >= 0.6 is 0 Å². The lowest BCUT2D eigenvalue weighted by Crippen LogP contribution is -2.49. The Balaban J connectivity index is 1.53. The molecule has 0 unspecified atom stereocenters. The summed E-state index contributed by atoms with van der Waals surface area (Å²) in [6.07, 6.45) is 19.2. The van der Waals surface area contributed by atoms with Gasteiger partial charge in [-0.1, -0.05) is 65.3 Å². The summed E-state index contributed by atoms with van der Waals surface area (Å²) < 4.78 is 0. The number of aliphatic hydroxyl groups is 1. The number of fused-ring (bicyclic) bond motifs is 5. The van der Waals surface area contributed by atoms with Crippen LogP contribution in [0.25, 0.3) is 0 Å². The van der Waals surface area contributed by atoms with E-state index in [9.17, 15) is 5.11 Å². The van der Waals surface area contributed by atoms with Gasteiger partial charge in [-0.15, -0.1) is 0 Å². The number of hydrogen-bond donors (Lipinski definition) is 1. The van der Waals surface area contributed by atoms with Crippen LogP contribution < -0.4 is 0 Å². The molecule has 0 heterocycles. The lowest BCUT2D eigenvalue weighted by atomic mass is 9.47. The van der Waals surface area contributed by atoms with Crippen molar-refractivity contribution in [2.45, 2.75) is 105 Å². The maximum absolute atomic E-state index is 10.3. The Bertz CT molecular complexity index is 674. The maximum atomic E-state index is 10.3. The molecular weight excluding hydrogens is 364 g/mol. The first-order valence-corrected chi connectivity index (χ1v) is 13.3. The minimum atomic E-state index is -0.0480. The van der Waals surface area contributed by atoms with Crippen molar-refractivity contribution >= 4 is 0 Å². The van der Waals surface area contributed by atoms with Crippen LogP contribution in [-0.4, -0.2) is 11.2 Å². The van der Waals surface area contributed by atoms with Crippen molar-refractivity contribution in [1.82, 2.24) is 0 Å². The van der Waals surface area contributed by atoms with E-state index in [0.717, 1.165) is 42.4 Å². The lowest BCUT2D eigenvalue weighted by molar-refractivity contribution is -0.0414. The molecule has 1 nitrogen and oxygen atoms in total. The first kappa shape index (κ1) is 22.6. The summed E-state index contributed by atoms with van der Waals surface area (Å²) in [5.74, 6) is 5.32. The third kappa shape index (κ3) is 3.66. The predicted molar refractivity (Wildman–Crippen MR) is 128 cm³/mol. The van der Waals surface area contributed by atoms with E-state index in [1.54, 1.807) is 0 Å². The molecule has 0 saturated heterocycles. The molecule has 3 fully saturated rings. The summed E-state index contributed by atoms with van der Waals surface area (Å²) in [5, 5.41) is 10.3. The van der Waals surface area contributed by atoms with Crippen molar-refractivity contribution in [2.75, 3.05) is 0 Å². The fourth-order valence-corrected chi connectivity index (χ4v) is 8.68. The van der Waals surface area contributed by atoms with E-state index < -0.39 is 0 Å². The number of aliphatic hydroxyl groups excluding tert-OH is 1. The Morgan fingerprint density at radius 2 is 1.70 bits per heavy atom. The molecule has 1 heteroatoms. The number of rotatable bonds is 5. The molecule has 0 radical (unpaired) electrons. The van der Waals surface area contributed by atoms with E-state index in [-0.39, 0.29) is 6.10 Å². The second-order valence-corrected chi connectivity index (χ2v) is 12.5. The number of hydrogen-bond acceptors (Lipinski definition) is 1. The van der Waals surface area contributed by atoms with Crippen LogP contribution in [0, 0.1) is 52.3 Å². The van der Waals surface area contributed by atoms with Gasteiger partial charge in [-0.05, 0) is 110 Å². The first-order chi connectivity index (χ1) is 14.2. The molecule has 0 spiro atoms. The standard InChI is InChI=1S/C29H48O/c1-7-21(19(2)3)9-8-20(4)25-12-13-26-24-11-10-22-18-23(30)14-16-28(22,5)27(24)15-17-29(25,26)6/h8-9,11,19-23,25-27,30H,7,10,12-18H2,1-6H3/t20-,21+,22+,23-,25+,26-,27-,28-,29+/m0/s1. The minimum absolute atomic E-state index is 0.0480. The van der Waals surface area contributed by atoms with Gasteiger partial charge in [0, 0.05) is 0 Å². The average Bonchev–Trinajstić information content (AvgIpc) is 3.06. The molecule has 0 aromatic heterocycles. The Morgan fingerprint density at radius 1 is 1.00 bits per heavy atom. The Labute approximate surface area is 186 Å². The highest BCUT2D eigenvalue weighted by Gasteiger charge is 2.57. The largest absolute Gasteiger partial charge is 0.393 e. The zero-order valence-corrected chi connectivity index (χ0v) is 20.7. The zero-order chi connectivity index (χ0) is 21.7. The Kier molecular flexibility index (Phi) is 6.35. The van der Waals surface area contributed by atoms with Gasteiger partial charge in [0.2, 0.25) is 0 Å². The van der Waals surface area contributed by atoms with E-state index in [1.807, 2.05) is 5.57 Å². The van der Waals surface area contributed by atoms with Crippen molar-refractivity contribution in [3.63, 3.8) is 0 Å². The molecule has 170 valence electrons. The first-order valence-electron chi connectivity index (χ1n) is 13.3. The molecule has 4 aliphatic rings. The van der Waals surface area contributed by atoms with E-state index in [2.05, 4.69) is 59.8 Å². The third-order valence-corrected chi connectivity index (χ3v) is 10.7. The highest BCUT2D eigenvalue weighted by Crippen LogP contribution is 2.66. The van der Waals surface area contributed by atoms with Gasteiger partial charge in [0.15, 0.2) is 0 Å². The Hall–Kier alpha value is -0.560. The molecule has 9 atom stereocenters. The molecule has 4 aliphatic carbocycles. The van der Waals surface area contributed by atoms with Crippen molar-refractivity contribution in [2.24, 2.45) is 52.3 Å². The predicted octanol–water partition coefficient (Wildman–Crippen LogP) is 7.80. The highest BCUT2D eigenvalue weighted by atomic mass is 16.3. The van der Waals surface area contributed by atoms with Gasteiger partial charge in [-0.3, -0.25) is 0 Å². The third-order valence-electron chi connectivity index (χ3n) is 10.7. The van der Waals surface area contributed by atoms with Gasteiger partial charge in [-0.25, -0.2) is 0 Å². The molecular formula is C29H48O. The van der Waals surface area contributed by atoms with Crippen LogP contribution in [0.4, 0.5) is 0 Å². The van der Waals surface area contributed by atoms with Crippen molar-refractivity contribution in [3.05, 3.63) is 23.8 Å². The SMILES string of the molecule is CC[C@H](C=C[C@H](C)[C@H]1CC[C@H]2C3=CC[C@@H]4C[C@@H](O)CC[C@]4(C)[C@H]3CC[C@]12C)C(C)C. The van der Waals surface area contributed by atoms with E-state index >= 15 is 0 Å². The molecule has 0 aromatic carbocycles. The van der Waals surface area contributed by atoms with Crippen molar-refractivity contribution in [3.8, 4) is 0 Å². The molecule has 1 N–H and O–H groups in total. The van der Waals surface area contributed by atoms with Crippen LogP contribution in [0.15, 0.2) is 23.8 Å². The molecule has 3 saturated carbocycles. The van der Waals surface area contributed by atoms with Crippen LogP contribution in [-0.2, 0) is 0 Å². The van der Waals surface area contributed by atoms with Crippen molar-refractivity contribution < 1.29 is 5.11 Å². The maximum Gasteiger partial charge on any atom is 0.0543 e. The zero-order valence-electron chi connectivity index (χ0n) is 20.7. The quantitative estimate of drug-likeness (QED) is 0.457. The van der Waals surface area contributed by atoms with Gasteiger partial charge in [0.05, 0.1) is 6.10 Å². The highest BCUT2D eigenvalue weighted by molar-refractivity contribution is 5.28. The average molecular weight is 413 g/mol. The van der Waals surface area contributed by atoms with Crippen LogP contribution in [0.3, 0.4) is 0 Å². The van der Waals surface area contributed by atoms with Crippen LogP contribution in [0.5, 0.6) is 0 Å². The van der Waals surface area contributed by atoms with Gasteiger partial charge < -0.3 is 5.11 Å². The van der Waals surface area contributed by atoms with Gasteiger partial charge >= 0.3 is 0 Å². The van der Waals surface area contributed by atoms with Crippen molar-refractivity contribution in [1.29, 1.82) is 0 Å². The van der Waals surface area contributed by atoms with E-state index in [0.29, 0.717) is 22.7 Å². The topological polar surface area (TPSA) is 20.2 Å². The molecule has 4 rings (SSSR count). The van der Waals surface area contributed by atoms with E-state index in [4.69, 9.17) is 0 Å². The number of allylic oxidation sites excluding steroid dienone is 4. The monoisotopic (exact) mass is 412 g/mol. The summed E-state index contributed by atoms with van der Waals surface area (Å²) in [6, 6.07) is 0. The Morgan fingerprint density at radius 3 is 2.40 bits per heavy atom. The molecule has 0 amide bonds. The smallest absolute Gasteiger partial charge is 0.0543 e. The van der Waals surface area contributed by atoms with Crippen LogP contribution in [0.1, 0.15) is 99.3 Å². The summed E-state index contributed by atoms with van der Waals surface area (Å²) >= 11 is 0. The van der Waals surface area contributed by atoms with Crippen LogP contribution in [0.2, 0.25) is 0 Å². The van der Waals surface area contributed by atoms with Gasteiger partial charge in [0.1, 0.15) is 0 Å². The summed E-state index contributed by atoms with van der Waals surface area (Å²) in [5.41, 5.74) is 2.79. The van der Waals surface area contributed by atoms with Gasteiger partial charge in [-0.2, -0.15) is 0 Å². The molecule has 30 heavy (non-hydrogen) atoms. The second-order valence-electron chi connectivity index (χ2n) is 12.5. The normalized spacial score (nSPS) is 45.6. The fourth-order valence-electron chi connectivity index (χ4n) is 8.68.